The van der Waals surface area contributed by atoms with Gasteiger partial charge in [-0.25, -0.2) is 0 Å². The molecule has 2 nitrogen and oxygen atoms in total. The maximum Gasteiger partial charge on any atom is 0.142 e. The van der Waals surface area contributed by atoms with Gasteiger partial charge in [-0.3, -0.25) is 0 Å². The van der Waals surface area contributed by atoms with Crippen LogP contribution in [0.2, 0.25) is 0 Å². The molecule has 0 aliphatic heterocycles. The second-order valence-corrected chi connectivity index (χ2v) is 5.71. The van der Waals surface area contributed by atoms with Crippen LogP contribution in [0.3, 0.4) is 0 Å². The molecule has 0 atom stereocenters. The normalized spacial score (nSPS) is 14.0. The standard InChI is InChI=1S/C19H23NO/c1-2-13-21-19-6-4-3-5-18(19)20-14-15-7-9-16(10-8-15)17-11-12-17/h3-10,17,20H,2,11-14H2,1H3. The molecule has 3 rings (SSSR count). The van der Waals surface area contributed by atoms with E-state index < -0.39 is 0 Å². The van der Waals surface area contributed by atoms with E-state index in [1.807, 2.05) is 18.2 Å². The Balaban J connectivity index is 1.61. The average Bonchev–Trinajstić information content (AvgIpc) is 3.37. The predicted molar refractivity (Wildman–Crippen MR) is 88.0 cm³/mol. The number of para-hydroxylation sites is 2. The van der Waals surface area contributed by atoms with Gasteiger partial charge in [0.15, 0.2) is 0 Å². The first-order valence-corrected chi connectivity index (χ1v) is 7.91. The second kappa shape index (κ2) is 6.66. The van der Waals surface area contributed by atoms with Gasteiger partial charge in [-0.1, -0.05) is 43.3 Å². The van der Waals surface area contributed by atoms with Crippen molar-refractivity contribution in [1.29, 1.82) is 0 Å². The van der Waals surface area contributed by atoms with Crippen molar-refractivity contribution in [3.05, 3.63) is 59.7 Å². The van der Waals surface area contributed by atoms with Gasteiger partial charge in [-0.2, -0.15) is 0 Å². The zero-order valence-electron chi connectivity index (χ0n) is 12.6. The number of hydrogen-bond acceptors (Lipinski definition) is 2. The summed E-state index contributed by atoms with van der Waals surface area (Å²) >= 11 is 0. The van der Waals surface area contributed by atoms with Crippen molar-refractivity contribution >= 4 is 5.69 Å². The van der Waals surface area contributed by atoms with E-state index in [0.29, 0.717) is 0 Å². The summed E-state index contributed by atoms with van der Waals surface area (Å²) in [6.45, 7) is 3.71. The van der Waals surface area contributed by atoms with Crippen LogP contribution in [0.25, 0.3) is 0 Å². The van der Waals surface area contributed by atoms with Crippen molar-refractivity contribution in [1.82, 2.24) is 0 Å². The average molecular weight is 281 g/mol. The molecule has 0 amide bonds. The summed E-state index contributed by atoms with van der Waals surface area (Å²) in [5, 5.41) is 3.48. The Morgan fingerprint density at radius 3 is 2.52 bits per heavy atom. The second-order valence-electron chi connectivity index (χ2n) is 5.71. The predicted octanol–water partition coefficient (Wildman–Crippen LogP) is 4.96. The molecule has 2 heteroatoms. The fraction of sp³-hybridized carbons (Fsp3) is 0.368. The monoisotopic (exact) mass is 281 g/mol. The fourth-order valence-electron chi connectivity index (χ4n) is 2.47. The molecule has 0 unspecified atom stereocenters. The highest BCUT2D eigenvalue weighted by atomic mass is 16.5. The lowest BCUT2D eigenvalue weighted by atomic mass is 10.1. The van der Waals surface area contributed by atoms with Gasteiger partial charge in [0.1, 0.15) is 5.75 Å². The molecule has 21 heavy (non-hydrogen) atoms. The van der Waals surface area contributed by atoms with Crippen LogP contribution >= 0.6 is 0 Å². The number of hydrogen-bond donors (Lipinski definition) is 1. The van der Waals surface area contributed by atoms with E-state index in [2.05, 4.69) is 42.6 Å². The molecule has 110 valence electrons. The minimum absolute atomic E-state index is 0.759. The van der Waals surface area contributed by atoms with Crippen LogP contribution in [0.5, 0.6) is 5.75 Å². The number of ether oxygens (including phenoxy) is 1. The Labute approximate surface area is 127 Å². The smallest absolute Gasteiger partial charge is 0.142 e. The summed E-state index contributed by atoms with van der Waals surface area (Å²) in [4.78, 5) is 0. The van der Waals surface area contributed by atoms with Crippen LogP contribution in [0.15, 0.2) is 48.5 Å². The SMILES string of the molecule is CCCOc1ccccc1NCc1ccc(C2CC2)cc1. The quantitative estimate of drug-likeness (QED) is 0.774. The molecule has 1 aliphatic carbocycles. The molecular formula is C19H23NO. The summed E-state index contributed by atoms with van der Waals surface area (Å²) in [6, 6.07) is 17.2. The molecule has 0 spiro atoms. The molecule has 0 radical (unpaired) electrons. The summed E-state index contributed by atoms with van der Waals surface area (Å²) in [5.41, 5.74) is 3.87. The van der Waals surface area contributed by atoms with Crippen molar-refractivity contribution in [3.63, 3.8) is 0 Å². The number of nitrogens with one attached hydrogen (secondary N) is 1. The fourth-order valence-corrected chi connectivity index (χ4v) is 2.47. The van der Waals surface area contributed by atoms with Crippen molar-refractivity contribution in [2.24, 2.45) is 0 Å². The van der Waals surface area contributed by atoms with Crippen molar-refractivity contribution < 1.29 is 4.74 Å². The van der Waals surface area contributed by atoms with Crippen molar-refractivity contribution in [2.75, 3.05) is 11.9 Å². The van der Waals surface area contributed by atoms with Crippen LogP contribution in [-0.4, -0.2) is 6.61 Å². The lowest BCUT2D eigenvalue weighted by molar-refractivity contribution is 0.319. The molecule has 1 N–H and O–H groups in total. The molecule has 2 aromatic rings. The van der Waals surface area contributed by atoms with E-state index in [4.69, 9.17) is 4.74 Å². The van der Waals surface area contributed by atoms with Crippen LogP contribution in [0.1, 0.15) is 43.2 Å². The minimum Gasteiger partial charge on any atom is -0.491 e. The third-order valence-corrected chi connectivity index (χ3v) is 3.86. The molecule has 1 fully saturated rings. The van der Waals surface area contributed by atoms with Crippen molar-refractivity contribution in [3.8, 4) is 5.75 Å². The molecule has 0 bridgehead atoms. The van der Waals surface area contributed by atoms with E-state index in [-0.39, 0.29) is 0 Å². The first-order chi connectivity index (χ1) is 10.4. The van der Waals surface area contributed by atoms with Crippen LogP contribution < -0.4 is 10.1 Å². The molecule has 1 aliphatic rings. The lowest BCUT2D eigenvalue weighted by Crippen LogP contribution is -2.03. The Morgan fingerprint density at radius 2 is 1.81 bits per heavy atom. The summed E-state index contributed by atoms with van der Waals surface area (Å²) in [6.07, 6.45) is 3.75. The van der Waals surface area contributed by atoms with Crippen LogP contribution in [-0.2, 0) is 6.54 Å². The van der Waals surface area contributed by atoms with Gasteiger partial charge in [0.2, 0.25) is 0 Å². The Morgan fingerprint density at radius 1 is 1.05 bits per heavy atom. The van der Waals surface area contributed by atoms with E-state index in [1.54, 1.807) is 0 Å². The van der Waals surface area contributed by atoms with E-state index in [1.165, 1.54) is 24.0 Å². The highest BCUT2D eigenvalue weighted by Crippen LogP contribution is 2.39. The molecule has 0 aromatic heterocycles. The largest absolute Gasteiger partial charge is 0.491 e. The van der Waals surface area contributed by atoms with Gasteiger partial charge < -0.3 is 10.1 Å². The molecular weight excluding hydrogens is 258 g/mol. The maximum atomic E-state index is 5.77. The third kappa shape index (κ3) is 3.78. The zero-order valence-corrected chi connectivity index (χ0v) is 12.6. The van der Waals surface area contributed by atoms with Gasteiger partial charge in [-0.05, 0) is 48.4 Å². The van der Waals surface area contributed by atoms with Gasteiger partial charge in [0.05, 0.1) is 12.3 Å². The first-order valence-electron chi connectivity index (χ1n) is 7.91. The summed E-state index contributed by atoms with van der Waals surface area (Å²) in [7, 11) is 0. The van der Waals surface area contributed by atoms with Gasteiger partial charge in [-0.15, -0.1) is 0 Å². The topological polar surface area (TPSA) is 21.3 Å². The van der Waals surface area contributed by atoms with Crippen LogP contribution in [0.4, 0.5) is 5.69 Å². The molecule has 0 heterocycles. The van der Waals surface area contributed by atoms with Gasteiger partial charge in [0.25, 0.3) is 0 Å². The van der Waals surface area contributed by atoms with Crippen molar-refractivity contribution in [2.45, 2.75) is 38.6 Å². The Bertz CT molecular complexity index is 572. The van der Waals surface area contributed by atoms with Gasteiger partial charge >= 0.3 is 0 Å². The van der Waals surface area contributed by atoms with Crippen LogP contribution in [0, 0.1) is 0 Å². The molecule has 2 aromatic carbocycles. The number of rotatable bonds is 7. The minimum atomic E-state index is 0.759. The summed E-state index contributed by atoms with van der Waals surface area (Å²) < 4.78 is 5.77. The first kappa shape index (κ1) is 14.0. The highest BCUT2D eigenvalue weighted by molar-refractivity contribution is 5.56. The highest BCUT2D eigenvalue weighted by Gasteiger charge is 2.22. The molecule has 1 saturated carbocycles. The Hall–Kier alpha value is -1.96. The number of anilines is 1. The molecule has 0 saturated heterocycles. The number of benzene rings is 2. The van der Waals surface area contributed by atoms with Gasteiger partial charge in [0, 0.05) is 6.54 Å². The van der Waals surface area contributed by atoms with E-state index in [9.17, 15) is 0 Å². The van der Waals surface area contributed by atoms with E-state index in [0.717, 1.165) is 36.9 Å². The third-order valence-electron chi connectivity index (χ3n) is 3.86. The Kier molecular flexibility index (Phi) is 4.44. The lowest BCUT2D eigenvalue weighted by Gasteiger charge is -2.13. The summed E-state index contributed by atoms with van der Waals surface area (Å²) in [5.74, 6) is 1.77. The maximum absolute atomic E-state index is 5.77. The van der Waals surface area contributed by atoms with E-state index >= 15 is 0 Å². The zero-order chi connectivity index (χ0) is 14.5.